The second kappa shape index (κ2) is 7.69. The summed E-state index contributed by atoms with van der Waals surface area (Å²) in [5.41, 5.74) is 2.46. The van der Waals surface area contributed by atoms with E-state index in [0.29, 0.717) is 6.07 Å². The van der Waals surface area contributed by atoms with E-state index in [0.717, 1.165) is 36.6 Å². The summed E-state index contributed by atoms with van der Waals surface area (Å²) in [6.07, 6.45) is 2.64. The Balaban J connectivity index is 2.35. The van der Waals surface area contributed by atoms with Crippen LogP contribution >= 0.6 is 0 Å². The maximum atomic E-state index is 14.2. The summed E-state index contributed by atoms with van der Waals surface area (Å²) in [5.74, 6) is -4.50. The van der Waals surface area contributed by atoms with E-state index in [2.05, 4.69) is 12.2 Å². The van der Waals surface area contributed by atoms with Gasteiger partial charge in [0, 0.05) is 11.3 Å². The van der Waals surface area contributed by atoms with Gasteiger partial charge in [0.05, 0.1) is 5.69 Å². The summed E-state index contributed by atoms with van der Waals surface area (Å²) in [6, 6.07) is 8.71. The maximum absolute atomic E-state index is 14.2. The van der Waals surface area contributed by atoms with E-state index in [9.17, 15) is 17.6 Å². The molecule has 0 aromatic heterocycles. The average molecular weight is 339 g/mol. The molecule has 1 N–H and O–H groups in total. The van der Waals surface area contributed by atoms with Gasteiger partial charge in [0.1, 0.15) is 5.82 Å². The summed E-state index contributed by atoms with van der Waals surface area (Å²) in [4.78, 5) is 0. The zero-order valence-electron chi connectivity index (χ0n) is 13.8. The molecule has 0 saturated heterocycles. The predicted molar refractivity (Wildman–Crippen MR) is 89.4 cm³/mol. The molecule has 0 aliphatic carbocycles. The molecule has 0 unspecified atom stereocenters. The molecule has 5 heteroatoms. The highest BCUT2D eigenvalue weighted by Gasteiger charge is 2.32. The summed E-state index contributed by atoms with van der Waals surface area (Å²) in [5, 5.41) is 2.98. The summed E-state index contributed by atoms with van der Waals surface area (Å²) in [7, 11) is 0. The SMILES string of the molecule is CCCc1c(CC)cccc1Nc1ccc(C(F)(F)CF)cc1F. The van der Waals surface area contributed by atoms with Crippen molar-refractivity contribution in [1.82, 2.24) is 0 Å². The minimum atomic E-state index is -3.67. The number of alkyl halides is 3. The van der Waals surface area contributed by atoms with Crippen LogP contribution in [-0.2, 0) is 18.8 Å². The van der Waals surface area contributed by atoms with Crippen molar-refractivity contribution in [3.8, 4) is 0 Å². The molecule has 2 aromatic carbocycles. The van der Waals surface area contributed by atoms with Crippen LogP contribution in [0.3, 0.4) is 0 Å². The van der Waals surface area contributed by atoms with Gasteiger partial charge in [0.25, 0.3) is 0 Å². The first-order valence-electron chi connectivity index (χ1n) is 8.04. The van der Waals surface area contributed by atoms with Crippen molar-refractivity contribution >= 4 is 11.4 Å². The molecule has 0 bridgehead atoms. The lowest BCUT2D eigenvalue weighted by molar-refractivity contribution is -0.0283. The van der Waals surface area contributed by atoms with Gasteiger partial charge in [-0.1, -0.05) is 38.5 Å². The van der Waals surface area contributed by atoms with Crippen LogP contribution in [0.2, 0.25) is 0 Å². The van der Waals surface area contributed by atoms with Gasteiger partial charge in [0.2, 0.25) is 0 Å². The molecule has 0 aliphatic heterocycles. The Kier molecular flexibility index (Phi) is 5.86. The monoisotopic (exact) mass is 339 g/mol. The van der Waals surface area contributed by atoms with Gasteiger partial charge < -0.3 is 5.32 Å². The molecular weight excluding hydrogens is 318 g/mol. The lowest BCUT2D eigenvalue weighted by Crippen LogP contribution is -2.16. The predicted octanol–water partition coefficient (Wildman–Crippen LogP) is 6.15. The molecule has 130 valence electrons. The molecular formula is C19H21F4N. The highest BCUT2D eigenvalue weighted by atomic mass is 19.3. The van der Waals surface area contributed by atoms with E-state index in [1.165, 1.54) is 11.6 Å². The van der Waals surface area contributed by atoms with Crippen molar-refractivity contribution in [2.75, 3.05) is 12.0 Å². The van der Waals surface area contributed by atoms with Gasteiger partial charge in [-0.3, -0.25) is 0 Å². The molecule has 1 nitrogen and oxygen atoms in total. The van der Waals surface area contributed by atoms with E-state index in [1.807, 2.05) is 25.1 Å². The van der Waals surface area contributed by atoms with Crippen LogP contribution in [0.25, 0.3) is 0 Å². The Bertz CT molecular complexity index is 698. The zero-order chi connectivity index (χ0) is 17.7. The van der Waals surface area contributed by atoms with E-state index in [-0.39, 0.29) is 5.69 Å². The van der Waals surface area contributed by atoms with Gasteiger partial charge >= 0.3 is 5.92 Å². The first-order valence-corrected chi connectivity index (χ1v) is 8.04. The molecule has 2 rings (SSSR count). The largest absolute Gasteiger partial charge is 0.353 e. The number of aryl methyl sites for hydroxylation is 1. The number of anilines is 2. The third kappa shape index (κ3) is 3.89. The quantitative estimate of drug-likeness (QED) is 0.597. The van der Waals surface area contributed by atoms with Crippen molar-refractivity contribution in [1.29, 1.82) is 0 Å². The van der Waals surface area contributed by atoms with Crippen molar-refractivity contribution in [3.63, 3.8) is 0 Å². The number of nitrogens with one attached hydrogen (secondary N) is 1. The molecule has 0 atom stereocenters. The fraction of sp³-hybridized carbons (Fsp3) is 0.368. The van der Waals surface area contributed by atoms with Gasteiger partial charge in [-0.05, 0) is 42.2 Å². The zero-order valence-corrected chi connectivity index (χ0v) is 13.8. The topological polar surface area (TPSA) is 12.0 Å². The highest BCUT2D eigenvalue weighted by molar-refractivity contribution is 5.65. The molecule has 0 radical (unpaired) electrons. The van der Waals surface area contributed by atoms with Crippen molar-refractivity contribution in [2.24, 2.45) is 0 Å². The van der Waals surface area contributed by atoms with Gasteiger partial charge in [-0.15, -0.1) is 0 Å². The lowest BCUT2D eigenvalue weighted by atomic mass is 9.99. The minimum Gasteiger partial charge on any atom is -0.353 e. The molecule has 2 aromatic rings. The average Bonchev–Trinajstić information content (AvgIpc) is 2.58. The first kappa shape index (κ1) is 18.3. The number of benzene rings is 2. The third-order valence-corrected chi connectivity index (χ3v) is 3.98. The summed E-state index contributed by atoms with van der Waals surface area (Å²) >= 11 is 0. The van der Waals surface area contributed by atoms with Crippen LogP contribution in [0, 0.1) is 5.82 Å². The number of halogens is 4. The summed E-state index contributed by atoms with van der Waals surface area (Å²) in [6.45, 7) is 2.26. The van der Waals surface area contributed by atoms with Crippen molar-refractivity contribution in [3.05, 3.63) is 58.9 Å². The number of rotatable bonds is 7. The number of hydrogen-bond donors (Lipinski definition) is 1. The molecule has 24 heavy (non-hydrogen) atoms. The van der Waals surface area contributed by atoms with Gasteiger partial charge in [0.15, 0.2) is 6.67 Å². The van der Waals surface area contributed by atoms with Crippen LogP contribution in [-0.4, -0.2) is 6.67 Å². The van der Waals surface area contributed by atoms with Crippen LogP contribution in [0.5, 0.6) is 0 Å². The smallest absolute Gasteiger partial charge is 0.301 e. The summed E-state index contributed by atoms with van der Waals surface area (Å²) < 4.78 is 53.2. The third-order valence-electron chi connectivity index (χ3n) is 3.98. The fourth-order valence-corrected chi connectivity index (χ4v) is 2.69. The molecule has 0 fully saturated rings. The van der Waals surface area contributed by atoms with E-state index >= 15 is 0 Å². The molecule has 0 saturated carbocycles. The molecule has 0 aliphatic rings. The van der Waals surface area contributed by atoms with Gasteiger partial charge in [-0.25, -0.2) is 8.78 Å². The normalized spacial score (nSPS) is 11.6. The fourth-order valence-electron chi connectivity index (χ4n) is 2.69. The molecule has 0 amide bonds. The maximum Gasteiger partial charge on any atom is 0.301 e. The Labute approximate surface area is 139 Å². The Morgan fingerprint density at radius 2 is 1.79 bits per heavy atom. The van der Waals surface area contributed by atoms with Crippen LogP contribution in [0.15, 0.2) is 36.4 Å². The van der Waals surface area contributed by atoms with E-state index < -0.39 is 24.0 Å². The second-order valence-electron chi connectivity index (χ2n) is 5.70. The molecule has 0 heterocycles. The Morgan fingerprint density at radius 1 is 1.04 bits per heavy atom. The second-order valence-corrected chi connectivity index (χ2v) is 5.70. The van der Waals surface area contributed by atoms with Crippen molar-refractivity contribution in [2.45, 2.75) is 39.0 Å². The molecule has 0 spiro atoms. The van der Waals surface area contributed by atoms with Gasteiger partial charge in [-0.2, -0.15) is 8.78 Å². The van der Waals surface area contributed by atoms with Crippen molar-refractivity contribution < 1.29 is 17.6 Å². The Morgan fingerprint density at radius 3 is 2.38 bits per heavy atom. The van der Waals surface area contributed by atoms with E-state index in [1.54, 1.807) is 0 Å². The van der Waals surface area contributed by atoms with Crippen LogP contribution in [0.4, 0.5) is 28.9 Å². The van der Waals surface area contributed by atoms with Crippen LogP contribution < -0.4 is 5.32 Å². The highest BCUT2D eigenvalue weighted by Crippen LogP contribution is 2.32. The minimum absolute atomic E-state index is 0.0963. The number of hydrogen-bond acceptors (Lipinski definition) is 1. The lowest BCUT2D eigenvalue weighted by Gasteiger charge is -2.17. The first-order chi connectivity index (χ1) is 11.4. The van der Waals surface area contributed by atoms with Crippen LogP contribution in [0.1, 0.15) is 37.0 Å². The Hall–Kier alpha value is -2.04. The van der Waals surface area contributed by atoms with E-state index in [4.69, 9.17) is 0 Å². The standard InChI is InChI=1S/C19H21F4N/c1-3-6-15-13(4-2)7-5-8-17(15)24-18-10-9-14(11-16(18)21)19(22,23)12-20/h5,7-11,24H,3-4,6,12H2,1-2H3.